The third kappa shape index (κ3) is 3.14. The zero-order valence-electron chi connectivity index (χ0n) is 9.88. The summed E-state index contributed by atoms with van der Waals surface area (Å²) in [6, 6.07) is 3.40. The second-order valence-electron chi connectivity index (χ2n) is 4.44. The van der Waals surface area contributed by atoms with Crippen LogP contribution in [0.4, 0.5) is 0 Å². The van der Waals surface area contributed by atoms with Crippen LogP contribution in [0.25, 0.3) is 0 Å². The topological polar surface area (TPSA) is 57.6 Å². The number of hydrogen-bond acceptors (Lipinski definition) is 4. The van der Waals surface area contributed by atoms with Crippen molar-refractivity contribution >= 4 is 37.3 Å². The van der Waals surface area contributed by atoms with E-state index in [0.717, 1.165) is 16.6 Å². The van der Waals surface area contributed by atoms with E-state index in [4.69, 9.17) is 5.11 Å². The predicted octanol–water partition coefficient (Wildman–Crippen LogP) is 2.29. The van der Waals surface area contributed by atoms with E-state index < -0.39 is 10.0 Å². The van der Waals surface area contributed by atoms with Crippen LogP contribution in [-0.2, 0) is 10.0 Å². The van der Waals surface area contributed by atoms with E-state index in [2.05, 4.69) is 15.9 Å². The third-order valence-electron chi connectivity index (χ3n) is 3.16. The number of aliphatic hydroxyl groups is 1. The van der Waals surface area contributed by atoms with E-state index in [0.29, 0.717) is 23.7 Å². The van der Waals surface area contributed by atoms with Gasteiger partial charge in [-0.15, -0.1) is 11.3 Å². The Labute approximate surface area is 120 Å². The van der Waals surface area contributed by atoms with Crippen LogP contribution in [0, 0.1) is 5.92 Å². The Bertz CT molecular complexity index is 498. The Kier molecular flexibility index (Phi) is 4.82. The number of hydrogen-bond donors (Lipinski definition) is 1. The van der Waals surface area contributed by atoms with Gasteiger partial charge < -0.3 is 5.11 Å². The van der Waals surface area contributed by atoms with E-state index in [1.807, 2.05) is 0 Å². The molecule has 0 aromatic carbocycles. The molecule has 0 saturated carbocycles. The Balaban J connectivity index is 2.15. The normalized spacial score (nSPS) is 22.2. The monoisotopic (exact) mass is 353 g/mol. The molecule has 1 atom stereocenters. The highest BCUT2D eigenvalue weighted by Crippen LogP contribution is 2.31. The summed E-state index contributed by atoms with van der Waals surface area (Å²) >= 11 is 4.53. The highest BCUT2D eigenvalue weighted by atomic mass is 79.9. The van der Waals surface area contributed by atoms with Gasteiger partial charge in [-0.1, -0.05) is 0 Å². The molecule has 0 aliphatic carbocycles. The van der Waals surface area contributed by atoms with Gasteiger partial charge in [-0.2, -0.15) is 4.31 Å². The molecule has 102 valence electrons. The van der Waals surface area contributed by atoms with Crippen LogP contribution in [0.2, 0.25) is 0 Å². The summed E-state index contributed by atoms with van der Waals surface area (Å²) in [5, 5.41) is 8.96. The van der Waals surface area contributed by atoms with Crippen molar-refractivity contribution in [2.75, 3.05) is 19.7 Å². The maximum absolute atomic E-state index is 12.4. The van der Waals surface area contributed by atoms with Gasteiger partial charge in [0.15, 0.2) is 0 Å². The summed E-state index contributed by atoms with van der Waals surface area (Å²) in [4.78, 5) is 0. The van der Waals surface area contributed by atoms with Crippen LogP contribution < -0.4 is 0 Å². The minimum Gasteiger partial charge on any atom is -0.396 e. The van der Waals surface area contributed by atoms with E-state index in [1.54, 1.807) is 16.4 Å². The molecule has 1 unspecified atom stereocenters. The number of thiophene rings is 1. The highest BCUT2D eigenvalue weighted by molar-refractivity contribution is 9.11. The van der Waals surface area contributed by atoms with E-state index in [-0.39, 0.29) is 12.5 Å². The number of piperidine rings is 1. The second kappa shape index (κ2) is 6.00. The lowest BCUT2D eigenvalue weighted by molar-refractivity contribution is 0.203. The summed E-state index contributed by atoms with van der Waals surface area (Å²) < 4.78 is 27.6. The molecule has 0 bridgehead atoms. The second-order valence-corrected chi connectivity index (χ2v) is 9.07. The maximum atomic E-state index is 12.4. The predicted molar refractivity (Wildman–Crippen MR) is 75.2 cm³/mol. The van der Waals surface area contributed by atoms with Crippen molar-refractivity contribution in [3.63, 3.8) is 0 Å². The average molecular weight is 354 g/mol. The Morgan fingerprint density at radius 1 is 1.50 bits per heavy atom. The third-order valence-corrected chi connectivity index (χ3v) is 7.12. The summed E-state index contributed by atoms with van der Waals surface area (Å²) in [5.41, 5.74) is 0. The molecule has 7 heteroatoms. The molecule has 2 rings (SSSR count). The molecule has 2 heterocycles. The van der Waals surface area contributed by atoms with Gasteiger partial charge in [-0.25, -0.2) is 8.42 Å². The first-order valence-electron chi connectivity index (χ1n) is 5.90. The van der Waals surface area contributed by atoms with Gasteiger partial charge in [0.25, 0.3) is 10.0 Å². The van der Waals surface area contributed by atoms with Crippen LogP contribution in [0.3, 0.4) is 0 Å². The molecule has 0 spiro atoms. The minimum atomic E-state index is -3.35. The highest BCUT2D eigenvalue weighted by Gasteiger charge is 2.30. The largest absolute Gasteiger partial charge is 0.396 e. The van der Waals surface area contributed by atoms with Gasteiger partial charge in [-0.3, -0.25) is 0 Å². The molecule has 1 aromatic rings. The lowest BCUT2D eigenvalue weighted by atomic mass is 9.97. The Hall–Kier alpha value is 0.0500. The summed E-state index contributed by atoms with van der Waals surface area (Å²) in [7, 11) is -3.35. The van der Waals surface area contributed by atoms with Crippen LogP contribution in [0.5, 0.6) is 0 Å². The quantitative estimate of drug-likeness (QED) is 0.903. The van der Waals surface area contributed by atoms with Crippen molar-refractivity contribution in [2.45, 2.75) is 23.5 Å². The van der Waals surface area contributed by atoms with E-state index in [9.17, 15) is 8.42 Å². The molecule has 4 nitrogen and oxygen atoms in total. The van der Waals surface area contributed by atoms with E-state index in [1.165, 1.54) is 11.3 Å². The van der Waals surface area contributed by atoms with Crippen molar-refractivity contribution in [1.82, 2.24) is 4.31 Å². The molecule has 1 saturated heterocycles. The molecule has 0 radical (unpaired) electrons. The first-order chi connectivity index (χ1) is 8.54. The summed E-state index contributed by atoms with van der Waals surface area (Å²) in [5.74, 6) is 0.280. The zero-order chi connectivity index (χ0) is 13.2. The van der Waals surface area contributed by atoms with Crippen LogP contribution in [0.1, 0.15) is 19.3 Å². The fraction of sp³-hybridized carbons (Fsp3) is 0.636. The zero-order valence-corrected chi connectivity index (χ0v) is 13.1. The minimum absolute atomic E-state index is 0.128. The first kappa shape index (κ1) is 14.5. The SMILES string of the molecule is O=S(=O)(c1ccc(Br)s1)N1CCCC(CCO)C1. The summed E-state index contributed by atoms with van der Waals surface area (Å²) in [6.45, 7) is 1.24. The molecular weight excluding hydrogens is 338 g/mol. The van der Waals surface area contributed by atoms with Crippen LogP contribution in [-0.4, -0.2) is 37.5 Å². The molecule has 1 fully saturated rings. The lowest BCUT2D eigenvalue weighted by Crippen LogP contribution is -2.39. The summed E-state index contributed by atoms with van der Waals surface area (Å²) in [6.07, 6.45) is 2.55. The molecule has 1 aliphatic heterocycles. The van der Waals surface area contributed by atoms with Gasteiger partial charge in [0.2, 0.25) is 0 Å². The fourth-order valence-corrected chi connectivity index (χ4v) is 5.95. The average Bonchev–Trinajstić information content (AvgIpc) is 2.77. The Morgan fingerprint density at radius 2 is 2.28 bits per heavy atom. The maximum Gasteiger partial charge on any atom is 0.252 e. The molecular formula is C11H16BrNO3S2. The number of aliphatic hydroxyl groups excluding tert-OH is 1. The van der Waals surface area contributed by atoms with Crippen molar-refractivity contribution in [3.8, 4) is 0 Å². The van der Waals surface area contributed by atoms with Gasteiger partial charge in [0, 0.05) is 19.7 Å². The molecule has 1 aromatic heterocycles. The Morgan fingerprint density at radius 3 is 2.89 bits per heavy atom. The van der Waals surface area contributed by atoms with Crippen LogP contribution >= 0.6 is 27.3 Å². The lowest BCUT2D eigenvalue weighted by Gasteiger charge is -2.31. The number of rotatable bonds is 4. The van der Waals surface area contributed by atoms with Crippen LogP contribution in [0.15, 0.2) is 20.1 Å². The van der Waals surface area contributed by atoms with Crippen molar-refractivity contribution in [1.29, 1.82) is 0 Å². The molecule has 0 amide bonds. The van der Waals surface area contributed by atoms with E-state index >= 15 is 0 Å². The van der Waals surface area contributed by atoms with Crippen molar-refractivity contribution in [3.05, 3.63) is 15.9 Å². The fourth-order valence-electron chi connectivity index (χ4n) is 2.23. The number of sulfonamides is 1. The standard InChI is InChI=1S/C11H16BrNO3S2/c12-10-3-4-11(17-10)18(15,16)13-6-1-2-9(8-13)5-7-14/h3-4,9,14H,1-2,5-8H2. The van der Waals surface area contributed by atoms with Gasteiger partial charge >= 0.3 is 0 Å². The number of halogens is 1. The first-order valence-corrected chi connectivity index (χ1v) is 8.95. The van der Waals surface area contributed by atoms with Crippen molar-refractivity contribution < 1.29 is 13.5 Å². The number of nitrogens with zero attached hydrogens (tertiary/aromatic N) is 1. The van der Waals surface area contributed by atoms with Crippen molar-refractivity contribution in [2.24, 2.45) is 5.92 Å². The molecule has 18 heavy (non-hydrogen) atoms. The molecule has 1 N–H and O–H groups in total. The van der Waals surface area contributed by atoms with Gasteiger partial charge in [0.05, 0.1) is 3.79 Å². The van der Waals surface area contributed by atoms with Gasteiger partial charge in [-0.05, 0) is 53.2 Å². The smallest absolute Gasteiger partial charge is 0.252 e. The van der Waals surface area contributed by atoms with Gasteiger partial charge in [0.1, 0.15) is 4.21 Å². The molecule has 1 aliphatic rings.